The monoisotopic (exact) mass is 296 g/mol. The maximum atomic E-state index is 11.3. The SMILES string of the molecule is C=C(C)C1=CC2C(C=C1)C1C=CC(C)=CC1C2COC(C)=O. The minimum absolute atomic E-state index is 0.192. The van der Waals surface area contributed by atoms with E-state index in [1.54, 1.807) is 0 Å². The first kappa shape index (κ1) is 15.1. The van der Waals surface area contributed by atoms with E-state index < -0.39 is 0 Å². The number of esters is 1. The average molecular weight is 296 g/mol. The van der Waals surface area contributed by atoms with Gasteiger partial charge in [-0.15, -0.1) is 0 Å². The topological polar surface area (TPSA) is 26.3 Å². The van der Waals surface area contributed by atoms with E-state index in [2.05, 4.69) is 50.0 Å². The molecule has 22 heavy (non-hydrogen) atoms. The van der Waals surface area contributed by atoms with Crippen molar-refractivity contribution in [3.8, 4) is 0 Å². The zero-order valence-electron chi connectivity index (χ0n) is 13.6. The summed E-state index contributed by atoms with van der Waals surface area (Å²) in [4.78, 5) is 11.3. The lowest BCUT2D eigenvalue weighted by Crippen LogP contribution is -2.23. The number of hydrogen-bond donors (Lipinski definition) is 0. The minimum Gasteiger partial charge on any atom is -0.466 e. The van der Waals surface area contributed by atoms with E-state index >= 15 is 0 Å². The van der Waals surface area contributed by atoms with Crippen molar-refractivity contribution in [1.82, 2.24) is 0 Å². The van der Waals surface area contributed by atoms with Gasteiger partial charge in [-0.05, 0) is 43.1 Å². The van der Waals surface area contributed by atoms with Gasteiger partial charge in [0.15, 0.2) is 0 Å². The van der Waals surface area contributed by atoms with Crippen LogP contribution >= 0.6 is 0 Å². The van der Waals surface area contributed by atoms with Crippen molar-refractivity contribution in [3.63, 3.8) is 0 Å². The molecule has 0 radical (unpaired) electrons. The van der Waals surface area contributed by atoms with E-state index in [0.717, 1.165) is 5.57 Å². The van der Waals surface area contributed by atoms with E-state index in [4.69, 9.17) is 4.74 Å². The summed E-state index contributed by atoms with van der Waals surface area (Å²) in [6.07, 6.45) is 13.8. The third-order valence-corrected chi connectivity index (χ3v) is 5.20. The molecular formula is C20H24O2. The summed E-state index contributed by atoms with van der Waals surface area (Å²) >= 11 is 0. The van der Waals surface area contributed by atoms with Crippen LogP contribution in [0.3, 0.4) is 0 Å². The van der Waals surface area contributed by atoms with Crippen molar-refractivity contribution in [2.75, 3.05) is 6.61 Å². The summed E-state index contributed by atoms with van der Waals surface area (Å²) in [5, 5.41) is 0. The Kier molecular flexibility index (Phi) is 3.94. The molecular weight excluding hydrogens is 272 g/mol. The highest BCUT2D eigenvalue weighted by Gasteiger charge is 2.48. The van der Waals surface area contributed by atoms with Crippen LogP contribution in [-0.4, -0.2) is 12.6 Å². The molecule has 2 nitrogen and oxygen atoms in total. The van der Waals surface area contributed by atoms with Gasteiger partial charge in [-0.3, -0.25) is 4.79 Å². The van der Waals surface area contributed by atoms with E-state index in [9.17, 15) is 4.79 Å². The summed E-state index contributed by atoms with van der Waals surface area (Å²) < 4.78 is 5.39. The lowest BCUT2D eigenvalue weighted by molar-refractivity contribution is -0.142. The van der Waals surface area contributed by atoms with Crippen molar-refractivity contribution < 1.29 is 9.53 Å². The molecule has 0 aliphatic heterocycles. The molecule has 0 spiro atoms. The Morgan fingerprint density at radius 2 is 1.73 bits per heavy atom. The Bertz CT molecular complexity index is 618. The van der Waals surface area contributed by atoms with Crippen LogP contribution in [0.4, 0.5) is 0 Å². The Hall–Kier alpha value is -1.83. The Morgan fingerprint density at radius 1 is 1.09 bits per heavy atom. The fourth-order valence-corrected chi connectivity index (χ4v) is 4.14. The van der Waals surface area contributed by atoms with Crippen molar-refractivity contribution >= 4 is 5.97 Å². The highest BCUT2D eigenvalue weighted by Crippen LogP contribution is 2.52. The van der Waals surface area contributed by atoms with Gasteiger partial charge in [0, 0.05) is 12.8 Å². The second-order valence-corrected chi connectivity index (χ2v) is 6.81. The van der Waals surface area contributed by atoms with Crippen LogP contribution < -0.4 is 0 Å². The van der Waals surface area contributed by atoms with Crippen LogP contribution in [0.5, 0.6) is 0 Å². The fraction of sp³-hybridized carbons (Fsp3) is 0.450. The third-order valence-electron chi connectivity index (χ3n) is 5.20. The lowest BCUT2D eigenvalue weighted by Gasteiger charge is -2.25. The quantitative estimate of drug-likeness (QED) is 0.728. The first-order valence-electron chi connectivity index (χ1n) is 8.03. The fourth-order valence-electron chi connectivity index (χ4n) is 4.14. The zero-order valence-corrected chi connectivity index (χ0v) is 13.6. The molecule has 5 atom stereocenters. The summed E-state index contributed by atoms with van der Waals surface area (Å²) in [5.41, 5.74) is 3.62. The van der Waals surface area contributed by atoms with Crippen LogP contribution in [0.1, 0.15) is 20.8 Å². The number of hydrogen-bond acceptors (Lipinski definition) is 2. The second kappa shape index (κ2) is 5.75. The Morgan fingerprint density at radius 3 is 2.36 bits per heavy atom. The third kappa shape index (κ3) is 2.63. The van der Waals surface area contributed by atoms with Gasteiger partial charge in [0.25, 0.3) is 0 Å². The first-order chi connectivity index (χ1) is 10.5. The Labute approximate surface area is 132 Å². The Balaban J connectivity index is 1.93. The summed E-state index contributed by atoms with van der Waals surface area (Å²) in [7, 11) is 0. The van der Waals surface area contributed by atoms with Crippen LogP contribution in [0, 0.1) is 29.6 Å². The van der Waals surface area contributed by atoms with Crippen molar-refractivity contribution in [2.24, 2.45) is 29.6 Å². The molecule has 0 aromatic rings. The normalized spacial score (nSPS) is 35.3. The summed E-state index contributed by atoms with van der Waals surface area (Å²) in [5.74, 6) is 2.02. The van der Waals surface area contributed by atoms with Gasteiger partial charge in [0.2, 0.25) is 0 Å². The molecule has 0 N–H and O–H groups in total. The highest BCUT2D eigenvalue weighted by atomic mass is 16.5. The van der Waals surface area contributed by atoms with Crippen molar-refractivity contribution in [1.29, 1.82) is 0 Å². The second-order valence-electron chi connectivity index (χ2n) is 6.81. The molecule has 0 saturated heterocycles. The van der Waals surface area contributed by atoms with Crippen LogP contribution in [-0.2, 0) is 9.53 Å². The molecule has 0 aromatic heterocycles. The highest BCUT2D eigenvalue weighted by molar-refractivity contribution is 5.65. The summed E-state index contributed by atoms with van der Waals surface area (Å²) in [6.45, 7) is 10.2. The van der Waals surface area contributed by atoms with Crippen molar-refractivity contribution in [3.05, 3.63) is 59.8 Å². The zero-order chi connectivity index (χ0) is 15.9. The number of carbonyl (C=O) groups excluding carboxylic acids is 1. The lowest BCUT2D eigenvalue weighted by atomic mass is 9.80. The molecule has 0 heterocycles. The predicted octanol–water partition coefficient (Wildman–Crippen LogP) is 4.23. The minimum atomic E-state index is -0.192. The van der Waals surface area contributed by atoms with Gasteiger partial charge in [-0.25, -0.2) is 0 Å². The van der Waals surface area contributed by atoms with E-state index in [0.29, 0.717) is 36.2 Å². The largest absolute Gasteiger partial charge is 0.466 e. The van der Waals surface area contributed by atoms with E-state index in [-0.39, 0.29) is 5.97 Å². The number of ether oxygens (including phenoxy) is 1. The molecule has 2 heteroatoms. The molecule has 0 amide bonds. The molecule has 0 bridgehead atoms. The molecule has 5 unspecified atom stereocenters. The molecule has 3 rings (SSSR count). The van der Waals surface area contributed by atoms with Gasteiger partial charge in [0.05, 0.1) is 6.61 Å². The predicted molar refractivity (Wildman–Crippen MR) is 89.0 cm³/mol. The number of rotatable bonds is 3. The van der Waals surface area contributed by atoms with Gasteiger partial charge in [-0.1, -0.05) is 54.2 Å². The van der Waals surface area contributed by atoms with Gasteiger partial charge < -0.3 is 4.74 Å². The van der Waals surface area contributed by atoms with Gasteiger partial charge in [0.1, 0.15) is 0 Å². The molecule has 3 aliphatic rings. The smallest absolute Gasteiger partial charge is 0.302 e. The molecule has 0 aromatic carbocycles. The average Bonchev–Trinajstić information content (AvgIpc) is 2.77. The number of carbonyl (C=O) groups is 1. The summed E-state index contributed by atoms with van der Waals surface area (Å²) in [6, 6.07) is 0. The molecule has 116 valence electrons. The maximum Gasteiger partial charge on any atom is 0.302 e. The number of allylic oxidation sites excluding steroid dienone is 9. The number of fused-ring (bicyclic) bond motifs is 3. The maximum absolute atomic E-state index is 11.3. The molecule has 1 fully saturated rings. The molecule has 3 aliphatic carbocycles. The van der Waals surface area contributed by atoms with Crippen molar-refractivity contribution in [2.45, 2.75) is 20.8 Å². The first-order valence-corrected chi connectivity index (χ1v) is 8.03. The van der Waals surface area contributed by atoms with E-state index in [1.165, 1.54) is 18.1 Å². The standard InChI is InChI=1S/C20H24O2/c1-12(2)15-6-8-17-16-7-5-13(3)9-18(16)20(19(17)10-15)11-22-14(4)21/h5-10,16-20H,1,11H2,2-4H3. The van der Waals surface area contributed by atoms with Crippen LogP contribution in [0.2, 0.25) is 0 Å². The molecule has 1 saturated carbocycles. The van der Waals surface area contributed by atoms with Gasteiger partial charge >= 0.3 is 5.97 Å². The van der Waals surface area contributed by atoms with Crippen LogP contribution in [0.25, 0.3) is 0 Å². The van der Waals surface area contributed by atoms with Crippen LogP contribution in [0.15, 0.2) is 59.8 Å². The van der Waals surface area contributed by atoms with Gasteiger partial charge in [-0.2, -0.15) is 0 Å². The van der Waals surface area contributed by atoms with E-state index in [1.807, 2.05) is 6.92 Å².